The minimum absolute atomic E-state index is 0.0114. The van der Waals surface area contributed by atoms with Crippen molar-refractivity contribution < 1.29 is 8.78 Å². The SMILES string of the molecule is FC(F)c1cc(Cl)c(Cl)c(Cl)n1. The molecule has 0 fully saturated rings. The first kappa shape index (κ1) is 9.96. The second-order valence-electron chi connectivity index (χ2n) is 1.93. The van der Waals surface area contributed by atoms with Crippen LogP contribution in [-0.4, -0.2) is 4.98 Å². The summed E-state index contributed by atoms with van der Waals surface area (Å²) in [6.07, 6.45) is -2.70. The number of hydrogen-bond donors (Lipinski definition) is 0. The molecule has 1 heterocycles. The van der Waals surface area contributed by atoms with Gasteiger partial charge in [0.25, 0.3) is 6.43 Å². The van der Waals surface area contributed by atoms with Gasteiger partial charge in [-0.3, -0.25) is 0 Å². The third-order valence-corrected chi connectivity index (χ3v) is 2.26. The Labute approximate surface area is 82.3 Å². The van der Waals surface area contributed by atoms with Crippen LogP contribution in [0.15, 0.2) is 6.07 Å². The van der Waals surface area contributed by atoms with Gasteiger partial charge in [-0.15, -0.1) is 0 Å². The molecule has 0 N–H and O–H groups in total. The number of hydrogen-bond acceptors (Lipinski definition) is 1. The first-order valence-corrected chi connectivity index (χ1v) is 3.95. The highest BCUT2D eigenvalue weighted by molar-refractivity contribution is 6.47. The largest absolute Gasteiger partial charge is 0.280 e. The molecule has 1 aromatic heterocycles. The van der Waals surface area contributed by atoms with Crippen molar-refractivity contribution in [2.24, 2.45) is 0 Å². The average Bonchev–Trinajstić information content (AvgIpc) is 1.99. The van der Waals surface area contributed by atoms with Gasteiger partial charge in [0.15, 0.2) is 0 Å². The monoisotopic (exact) mass is 231 g/mol. The summed E-state index contributed by atoms with van der Waals surface area (Å²) in [6.45, 7) is 0. The molecular formula is C6H2Cl3F2N. The van der Waals surface area contributed by atoms with Crippen LogP contribution >= 0.6 is 34.8 Å². The van der Waals surface area contributed by atoms with Gasteiger partial charge in [-0.2, -0.15) is 0 Å². The summed E-state index contributed by atoms with van der Waals surface area (Å²) >= 11 is 16.4. The Bertz CT molecular complexity index is 280. The Morgan fingerprint density at radius 1 is 1.25 bits per heavy atom. The van der Waals surface area contributed by atoms with Crippen molar-refractivity contribution in [1.82, 2.24) is 4.98 Å². The van der Waals surface area contributed by atoms with Gasteiger partial charge in [0.05, 0.1) is 10.0 Å². The number of alkyl halides is 2. The van der Waals surface area contributed by atoms with Gasteiger partial charge in [0.1, 0.15) is 10.8 Å². The van der Waals surface area contributed by atoms with E-state index in [9.17, 15) is 8.78 Å². The van der Waals surface area contributed by atoms with Crippen molar-refractivity contribution in [3.63, 3.8) is 0 Å². The van der Waals surface area contributed by atoms with Crippen LogP contribution in [0.5, 0.6) is 0 Å². The van der Waals surface area contributed by atoms with Gasteiger partial charge in [-0.1, -0.05) is 34.8 Å². The molecule has 0 unspecified atom stereocenters. The number of nitrogens with zero attached hydrogens (tertiary/aromatic N) is 1. The quantitative estimate of drug-likeness (QED) is 0.667. The first-order chi connectivity index (χ1) is 5.52. The van der Waals surface area contributed by atoms with E-state index in [0.717, 1.165) is 6.07 Å². The fourth-order valence-corrected chi connectivity index (χ4v) is 1.14. The number of pyridine rings is 1. The predicted molar refractivity (Wildman–Crippen MR) is 44.2 cm³/mol. The molecule has 0 amide bonds. The van der Waals surface area contributed by atoms with Crippen molar-refractivity contribution in [1.29, 1.82) is 0 Å². The Hall–Kier alpha value is -0.120. The second-order valence-corrected chi connectivity index (χ2v) is 3.08. The zero-order valence-electron chi connectivity index (χ0n) is 5.49. The molecule has 0 aromatic carbocycles. The molecule has 0 atom stereocenters. The fraction of sp³-hybridized carbons (Fsp3) is 0.167. The molecule has 0 radical (unpaired) electrons. The predicted octanol–water partition coefficient (Wildman–Crippen LogP) is 3.98. The highest BCUT2D eigenvalue weighted by atomic mass is 35.5. The van der Waals surface area contributed by atoms with Crippen molar-refractivity contribution in [3.05, 3.63) is 27.0 Å². The number of rotatable bonds is 1. The Morgan fingerprint density at radius 3 is 2.25 bits per heavy atom. The van der Waals surface area contributed by atoms with E-state index in [0.29, 0.717) is 0 Å². The maximum absolute atomic E-state index is 12.0. The van der Waals surface area contributed by atoms with Crippen LogP contribution in [0.2, 0.25) is 15.2 Å². The van der Waals surface area contributed by atoms with E-state index < -0.39 is 12.1 Å². The molecule has 0 aliphatic carbocycles. The van der Waals surface area contributed by atoms with Gasteiger partial charge in [0.2, 0.25) is 0 Å². The van der Waals surface area contributed by atoms with E-state index in [1.807, 2.05) is 0 Å². The molecule has 1 nitrogen and oxygen atoms in total. The summed E-state index contributed by atoms with van der Waals surface area (Å²) in [5, 5.41) is -0.242. The maximum Gasteiger partial charge on any atom is 0.280 e. The van der Waals surface area contributed by atoms with Crippen LogP contribution in [0.1, 0.15) is 12.1 Å². The molecule has 0 saturated heterocycles. The molecule has 12 heavy (non-hydrogen) atoms. The normalized spacial score (nSPS) is 10.8. The van der Waals surface area contributed by atoms with Crippen LogP contribution in [-0.2, 0) is 0 Å². The summed E-state index contributed by atoms with van der Waals surface area (Å²) in [5.74, 6) is 0. The molecular weight excluding hydrogens is 230 g/mol. The molecule has 1 aromatic rings. The topological polar surface area (TPSA) is 12.9 Å². The van der Waals surface area contributed by atoms with Gasteiger partial charge in [-0.05, 0) is 6.07 Å². The second kappa shape index (κ2) is 3.73. The van der Waals surface area contributed by atoms with Crippen LogP contribution in [0.4, 0.5) is 8.78 Å². The van der Waals surface area contributed by atoms with Crippen molar-refractivity contribution in [3.8, 4) is 0 Å². The van der Waals surface area contributed by atoms with Gasteiger partial charge < -0.3 is 0 Å². The van der Waals surface area contributed by atoms with E-state index in [4.69, 9.17) is 34.8 Å². The fourth-order valence-electron chi connectivity index (χ4n) is 0.598. The lowest BCUT2D eigenvalue weighted by atomic mass is 10.3. The van der Waals surface area contributed by atoms with Crippen molar-refractivity contribution >= 4 is 34.8 Å². The van der Waals surface area contributed by atoms with E-state index in [-0.39, 0.29) is 15.2 Å². The van der Waals surface area contributed by atoms with Gasteiger partial charge in [0, 0.05) is 0 Å². The maximum atomic E-state index is 12.0. The summed E-state index contributed by atoms with van der Waals surface area (Å²) in [6, 6.07) is 0.987. The van der Waals surface area contributed by atoms with Crippen molar-refractivity contribution in [2.75, 3.05) is 0 Å². The number of halogens is 5. The summed E-state index contributed by atoms with van der Waals surface area (Å²) < 4.78 is 24.1. The molecule has 66 valence electrons. The molecule has 1 rings (SSSR count). The molecule has 0 aliphatic rings. The van der Waals surface area contributed by atoms with Crippen LogP contribution < -0.4 is 0 Å². The van der Waals surface area contributed by atoms with Crippen LogP contribution in [0, 0.1) is 0 Å². The zero-order valence-corrected chi connectivity index (χ0v) is 7.76. The summed E-state index contributed by atoms with van der Waals surface area (Å²) in [7, 11) is 0. The highest BCUT2D eigenvalue weighted by Crippen LogP contribution is 2.31. The third kappa shape index (κ3) is 1.97. The minimum Gasteiger partial charge on any atom is -0.233 e. The lowest BCUT2D eigenvalue weighted by molar-refractivity contribution is 0.146. The molecule has 0 aliphatic heterocycles. The van der Waals surface area contributed by atoms with Crippen molar-refractivity contribution in [2.45, 2.75) is 6.43 Å². The first-order valence-electron chi connectivity index (χ1n) is 2.82. The van der Waals surface area contributed by atoms with Crippen LogP contribution in [0.25, 0.3) is 0 Å². The Kier molecular flexibility index (Phi) is 3.09. The van der Waals surface area contributed by atoms with E-state index in [1.165, 1.54) is 0 Å². The third-order valence-electron chi connectivity index (χ3n) is 1.12. The Morgan fingerprint density at radius 2 is 1.83 bits per heavy atom. The van der Waals surface area contributed by atoms with E-state index >= 15 is 0 Å². The molecule has 0 spiro atoms. The van der Waals surface area contributed by atoms with Gasteiger partial charge in [-0.25, -0.2) is 13.8 Å². The highest BCUT2D eigenvalue weighted by Gasteiger charge is 2.14. The summed E-state index contributed by atoms with van der Waals surface area (Å²) in [5.41, 5.74) is -0.477. The molecule has 0 saturated carbocycles. The lowest BCUT2D eigenvalue weighted by Crippen LogP contribution is -1.91. The zero-order chi connectivity index (χ0) is 9.30. The minimum atomic E-state index is -2.70. The summed E-state index contributed by atoms with van der Waals surface area (Å²) in [4.78, 5) is 3.33. The number of aromatic nitrogens is 1. The van der Waals surface area contributed by atoms with E-state index in [2.05, 4.69) is 4.98 Å². The Balaban J connectivity index is 3.21. The van der Waals surface area contributed by atoms with Crippen LogP contribution in [0.3, 0.4) is 0 Å². The van der Waals surface area contributed by atoms with E-state index in [1.54, 1.807) is 0 Å². The smallest absolute Gasteiger partial charge is 0.233 e. The van der Waals surface area contributed by atoms with Gasteiger partial charge >= 0.3 is 0 Å². The molecule has 0 bridgehead atoms. The average molecular weight is 232 g/mol. The standard InChI is InChI=1S/C6H2Cl3F2N/c7-2-1-3(6(10)11)12-5(9)4(2)8/h1,6H. The molecule has 6 heteroatoms. The lowest BCUT2D eigenvalue weighted by Gasteiger charge is -2.02.